The Morgan fingerprint density at radius 2 is 1.84 bits per heavy atom. The summed E-state index contributed by atoms with van der Waals surface area (Å²) in [5.41, 5.74) is 1.77. The average molecular weight is 260 g/mol. The number of carbonyl (C=O) groups is 1. The molecule has 0 saturated heterocycles. The molecular weight excluding hydrogens is 236 g/mol. The van der Waals surface area contributed by atoms with Gasteiger partial charge in [0.1, 0.15) is 0 Å². The van der Waals surface area contributed by atoms with E-state index in [2.05, 4.69) is 10.6 Å². The average Bonchev–Trinajstić information content (AvgIpc) is 2.48. The molecule has 0 atom stereocenters. The normalized spacial score (nSPS) is 16.1. The highest BCUT2D eigenvalue weighted by Gasteiger charge is 2.13. The monoisotopic (exact) mass is 260 g/mol. The predicted molar refractivity (Wildman–Crippen MR) is 79.5 cm³/mol. The summed E-state index contributed by atoms with van der Waals surface area (Å²) in [6.07, 6.45) is 7.93. The molecule has 0 aliphatic heterocycles. The van der Waals surface area contributed by atoms with Crippen LogP contribution in [0.4, 0.5) is 5.69 Å². The molecule has 104 valence electrons. The highest BCUT2D eigenvalue weighted by atomic mass is 16.1. The minimum absolute atomic E-state index is 0.0402. The van der Waals surface area contributed by atoms with Gasteiger partial charge in [-0.25, -0.2) is 0 Å². The standard InChI is InChI=1S/C16H24N2O/c1-17-15-9-7-14(8-10-15)16(19)18-12-11-13-5-3-2-4-6-13/h7-10,13,17H,2-6,11-12H2,1H3,(H,18,19). The van der Waals surface area contributed by atoms with Gasteiger partial charge < -0.3 is 10.6 Å². The van der Waals surface area contributed by atoms with Crippen LogP contribution in [0.1, 0.15) is 48.9 Å². The lowest BCUT2D eigenvalue weighted by molar-refractivity contribution is 0.0950. The quantitative estimate of drug-likeness (QED) is 0.851. The van der Waals surface area contributed by atoms with Crippen LogP contribution in [0.3, 0.4) is 0 Å². The van der Waals surface area contributed by atoms with Crippen molar-refractivity contribution in [3.05, 3.63) is 29.8 Å². The van der Waals surface area contributed by atoms with Crippen LogP contribution in [0.15, 0.2) is 24.3 Å². The van der Waals surface area contributed by atoms with Crippen LogP contribution in [0.25, 0.3) is 0 Å². The molecule has 3 heteroatoms. The van der Waals surface area contributed by atoms with Crippen LogP contribution in [0.5, 0.6) is 0 Å². The molecule has 1 aliphatic carbocycles. The van der Waals surface area contributed by atoms with Gasteiger partial charge in [0.15, 0.2) is 0 Å². The van der Waals surface area contributed by atoms with Crippen molar-refractivity contribution in [2.24, 2.45) is 5.92 Å². The summed E-state index contributed by atoms with van der Waals surface area (Å²) in [6.45, 7) is 0.803. The van der Waals surface area contributed by atoms with Gasteiger partial charge in [0.25, 0.3) is 5.91 Å². The van der Waals surface area contributed by atoms with Crippen LogP contribution in [-0.4, -0.2) is 19.5 Å². The van der Waals surface area contributed by atoms with Gasteiger partial charge in [0.05, 0.1) is 0 Å². The van der Waals surface area contributed by atoms with E-state index in [-0.39, 0.29) is 5.91 Å². The van der Waals surface area contributed by atoms with E-state index in [1.165, 1.54) is 32.1 Å². The van der Waals surface area contributed by atoms with E-state index in [4.69, 9.17) is 0 Å². The summed E-state index contributed by atoms with van der Waals surface area (Å²) in [5, 5.41) is 6.07. The van der Waals surface area contributed by atoms with Gasteiger partial charge in [0.2, 0.25) is 0 Å². The first-order valence-corrected chi connectivity index (χ1v) is 7.35. The Bertz CT molecular complexity index is 394. The minimum atomic E-state index is 0.0402. The highest BCUT2D eigenvalue weighted by Crippen LogP contribution is 2.25. The van der Waals surface area contributed by atoms with Crippen LogP contribution in [-0.2, 0) is 0 Å². The second kappa shape index (κ2) is 7.17. The number of benzene rings is 1. The second-order valence-electron chi connectivity index (χ2n) is 5.38. The zero-order valence-corrected chi connectivity index (χ0v) is 11.7. The van der Waals surface area contributed by atoms with Crippen molar-refractivity contribution < 1.29 is 4.79 Å². The number of rotatable bonds is 5. The Balaban J connectivity index is 1.73. The summed E-state index contributed by atoms with van der Waals surface area (Å²) in [5.74, 6) is 0.860. The van der Waals surface area contributed by atoms with E-state index in [0.717, 1.165) is 30.1 Å². The molecule has 1 amide bonds. The summed E-state index contributed by atoms with van der Waals surface area (Å²) in [6, 6.07) is 7.58. The van der Waals surface area contributed by atoms with Crippen molar-refractivity contribution in [3.63, 3.8) is 0 Å². The van der Waals surface area contributed by atoms with Crippen molar-refractivity contribution in [3.8, 4) is 0 Å². The summed E-state index contributed by atoms with van der Waals surface area (Å²) < 4.78 is 0. The Morgan fingerprint density at radius 3 is 2.47 bits per heavy atom. The zero-order chi connectivity index (χ0) is 13.5. The number of carbonyl (C=O) groups excluding carboxylic acids is 1. The summed E-state index contributed by atoms with van der Waals surface area (Å²) >= 11 is 0. The molecule has 2 rings (SSSR count). The number of nitrogens with one attached hydrogen (secondary N) is 2. The van der Waals surface area contributed by atoms with Gasteiger partial charge in [-0.3, -0.25) is 4.79 Å². The Kier molecular flexibility index (Phi) is 5.25. The molecule has 0 unspecified atom stereocenters. The molecule has 0 radical (unpaired) electrons. The third-order valence-electron chi connectivity index (χ3n) is 4.00. The number of hydrogen-bond acceptors (Lipinski definition) is 2. The molecule has 0 spiro atoms. The van der Waals surface area contributed by atoms with Gasteiger partial charge in [-0.1, -0.05) is 32.1 Å². The second-order valence-corrected chi connectivity index (χ2v) is 5.38. The van der Waals surface area contributed by atoms with Gasteiger partial charge in [-0.2, -0.15) is 0 Å². The van der Waals surface area contributed by atoms with Crippen LogP contribution >= 0.6 is 0 Å². The van der Waals surface area contributed by atoms with Crippen molar-refractivity contribution in [1.29, 1.82) is 0 Å². The third kappa shape index (κ3) is 4.27. The highest BCUT2D eigenvalue weighted by molar-refractivity contribution is 5.94. The van der Waals surface area contributed by atoms with Crippen molar-refractivity contribution in [1.82, 2.24) is 5.32 Å². The van der Waals surface area contributed by atoms with E-state index in [9.17, 15) is 4.79 Å². The van der Waals surface area contributed by atoms with Gasteiger partial charge in [0, 0.05) is 24.8 Å². The van der Waals surface area contributed by atoms with Crippen LogP contribution in [0, 0.1) is 5.92 Å². The molecular formula is C16H24N2O. The molecule has 0 heterocycles. The number of anilines is 1. The maximum Gasteiger partial charge on any atom is 0.251 e. The van der Waals surface area contributed by atoms with Gasteiger partial charge >= 0.3 is 0 Å². The van der Waals surface area contributed by atoms with E-state index < -0.39 is 0 Å². The Hall–Kier alpha value is -1.51. The van der Waals surface area contributed by atoms with Crippen LogP contribution in [0.2, 0.25) is 0 Å². The van der Waals surface area contributed by atoms with E-state index in [1.54, 1.807) is 0 Å². The third-order valence-corrected chi connectivity index (χ3v) is 4.00. The molecule has 2 N–H and O–H groups in total. The Labute approximate surface area is 115 Å². The van der Waals surface area contributed by atoms with Crippen molar-refractivity contribution in [2.75, 3.05) is 18.9 Å². The molecule has 1 aromatic carbocycles. The molecule has 1 saturated carbocycles. The van der Waals surface area contributed by atoms with Crippen LogP contribution < -0.4 is 10.6 Å². The maximum absolute atomic E-state index is 12.0. The smallest absolute Gasteiger partial charge is 0.251 e. The maximum atomic E-state index is 12.0. The van der Waals surface area contributed by atoms with Crippen molar-refractivity contribution in [2.45, 2.75) is 38.5 Å². The molecule has 1 aliphatic rings. The molecule has 3 nitrogen and oxygen atoms in total. The largest absolute Gasteiger partial charge is 0.388 e. The zero-order valence-electron chi connectivity index (χ0n) is 11.7. The number of amides is 1. The fraction of sp³-hybridized carbons (Fsp3) is 0.562. The number of hydrogen-bond donors (Lipinski definition) is 2. The predicted octanol–water partition coefficient (Wildman–Crippen LogP) is 3.43. The molecule has 0 bridgehead atoms. The minimum Gasteiger partial charge on any atom is -0.388 e. The topological polar surface area (TPSA) is 41.1 Å². The molecule has 1 aromatic rings. The molecule has 0 aromatic heterocycles. The van der Waals surface area contributed by atoms with Crippen molar-refractivity contribution >= 4 is 11.6 Å². The van der Waals surface area contributed by atoms with Gasteiger partial charge in [-0.05, 0) is 36.6 Å². The molecule has 19 heavy (non-hydrogen) atoms. The Morgan fingerprint density at radius 1 is 1.16 bits per heavy atom. The first-order valence-electron chi connectivity index (χ1n) is 7.35. The SMILES string of the molecule is CNc1ccc(C(=O)NCCC2CCCCC2)cc1. The lowest BCUT2D eigenvalue weighted by Gasteiger charge is -2.21. The summed E-state index contributed by atoms with van der Waals surface area (Å²) in [7, 11) is 1.87. The lowest BCUT2D eigenvalue weighted by Crippen LogP contribution is -2.26. The van der Waals surface area contributed by atoms with E-state index in [0.29, 0.717) is 0 Å². The summed E-state index contributed by atoms with van der Waals surface area (Å²) in [4.78, 5) is 12.0. The van der Waals surface area contributed by atoms with E-state index >= 15 is 0 Å². The lowest BCUT2D eigenvalue weighted by atomic mass is 9.87. The first-order chi connectivity index (χ1) is 9.29. The first kappa shape index (κ1) is 13.9. The fourth-order valence-corrected chi connectivity index (χ4v) is 2.76. The fourth-order valence-electron chi connectivity index (χ4n) is 2.76. The van der Waals surface area contributed by atoms with Gasteiger partial charge in [-0.15, -0.1) is 0 Å². The molecule has 1 fully saturated rings. The van der Waals surface area contributed by atoms with E-state index in [1.807, 2.05) is 31.3 Å².